The molecule has 5 aliphatic heterocycles. The number of hydrogen-bond acceptors (Lipinski definition) is 7. The SMILES string of the molecule is N#Cc1cccc2c1CCCC21CNCC1C(=O)N1CCC(c2cccc(C3CC(C4CC(c5ccccc5)CCN4C(=O)C4CNCC45CCCc4nc(Cl)ccc45)CCO3)c2)CC1C1CCCCC1. The molecule has 5 saturated heterocycles. The molecule has 1 saturated carbocycles. The highest BCUT2D eigenvalue weighted by molar-refractivity contribution is 6.29. The summed E-state index contributed by atoms with van der Waals surface area (Å²) < 4.78 is 6.78. The summed E-state index contributed by atoms with van der Waals surface area (Å²) in [7, 11) is 0. The van der Waals surface area contributed by atoms with Gasteiger partial charge in [-0.05, 0) is 159 Å². The number of amides is 2. The van der Waals surface area contributed by atoms with Gasteiger partial charge in [0.25, 0.3) is 0 Å². The van der Waals surface area contributed by atoms with E-state index in [9.17, 15) is 5.26 Å². The largest absolute Gasteiger partial charge is 0.374 e. The second kappa shape index (κ2) is 20.0. The summed E-state index contributed by atoms with van der Waals surface area (Å²) in [5.41, 5.74) is 8.99. The van der Waals surface area contributed by atoms with Crippen molar-refractivity contribution in [3.05, 3.63) is 135 Å². The molecule has 10 atom stereocenters. The first-order chi connectivity index (χ1) is 34.8. The molecular formula is C61H73ClN6O3. The molecule has 3 aliphatic carbocycles. The quantitative estimate of drug-likeness (QED) is 0.178. The van der Waals surface area contributed by atoms with Crippen molar-refractivity contribution in [1.29, 1.82) is 5.26 Å². The molecule has 71 heavy (non-hydrogen) atoms. The molecule has 6 heterocycles. The standard InChI is InChI=1S/C61H73ClN6O3/c62-57-22-21-50-53(66-57)20-10-27-61(50)39-65-37-52(61)59(70)68-28-23-43(40-11-3-1-4-12-40)32-55(68)45-25-30-71-56(34-45)46-16-7-15-42(31-46)44-24-29-67(54(33-44)41-13-5-2-6-14-41)58(69)51-36-64-38-60(51)26-9-18-48-47(35-63)17-8-19-49(48)60/h1,3-4,7-8,11-12,15-17,19,21-22,31,41,43-45,51-52,54-56,64-65H,2,5-6,9-10,13-14,18,20,23-30,32-34,36-39H2. The van der Waals surface area contributed by atoms with Crippen molar-refractivity contribution in [2.45, 2.75) is 150 Å². The number of carbonyl (C=O) groups is 2. The molecule has 2 N–H and O–H groups in total. The molecular weight excluding hydrogens is 900 g/mol. The zero-order valence-corrected chi connectivity index (χ0v) is 42.4. The van der Waals surface area contributed by atoms with Crippen molar-refractivity contribution in [1.82, 2.24) is 25.4 Å². The topological polar surface area (TPSA) is 111 Å². The molecule has 10 heteroatoms. The van der Waals surface area contributed by atoms with E-state index in [1.165, 1.54) is 65.5 Å². The first-order valence-electron chi connectivity index (χ1n) is 27.8. The third kappa shape index (κ3) is 8.65. The zero-order chi connectivity index (χ0) is 48.1. The Hall–Kier alpha value is -4.59. The summed E-state index contributed by atoms with van der Waals surface area (Å²) in [6.45, 7) is 5.25. The molecule has 0 bridgehead atoms. The number of halogens is 1. The first kappa shape index (κ1) is 47.4. The number of ether oxygens (including phenoxy) is 1. The van der Waals surface area contributed by atoms with E-state index in [0.717, 1.165) is 114 Å². The van der Waals surface area contributed by atoms with Crippen LogP contribution in [0.3, 0.4) is 0 Å². The van der Waals surface area contributed by atoms with Gasteiger partial charge in [0.15, 0.2) is 0 Å². The van der Waals surface area contributed by atoms with Crippen LogP contribution in [0, 0.1) is 35.0 Å². The van der Waals surface area contributed by atoms with Crippen molar-refractivity contribution in [2.75, 3.05) is 45.9 Å². The third-order valence-corrected chi connectivity index (χ3v) is 20.1. The van der Waals surface area contributed by atoms with Gasteiger partial charge in [-0.3, -0.25) is 9.59 Å². The van der Waals surface area contributed by atoms with E-state index >= 15 is 9.59 Å². The Morgan fingerprint density at radius 2 is 1.31 bits per heavy atom. The summed E-state index contributed by atoms with van der Waals surface area (Å²) in [5.74, 6) is 2.02. The highest BCUT2D eigenvalue weighted by Crippen LogP contribution is 2.51. The van der Waals surface area contributed by atoms with Crippen LogP contribution in [-0.2, 0) is 38.0 Å². The number of aryl methyl sites for hydroxylation is 1. The van der Waals surface area contributed by atoms with E-state index in [-0.39, 0.29) is 40.9 Å². The third-order valence-electron chi connectivity index (χ3n) is 19.8. The predicted octanol–water partition coefficient (Wildman–Crippen LogP) is 10.5. The lowest BCUT2D eigenvalue weighted by Crippen LogP contribution is -2.55. The first-order valence-corrected chi connectivity index (χ1v) is 28.2. The van der Waals surface area contributed by atoms with Crippen LogP contribution in [-0.4, -0.2) is 84.6 Å². The number of nitriles is 1. The van der Waals surface area contributed by atoms with Gasteiger partial charge in [0.05, 0.1) is 29.6 Å². The van der Waals surface area contributed by atoms with Crippen molar-refractivity contribution in [3.8, 4) is 6.07 Å². The number of rotatable bonds is 7. The summed E-state index contributed by atoms with van der Waals surface area (Å²) >= 11 is 6.44. The van der Waals surface area contributed by atoms with Crippen LogP contribution in [0.5, 0.6) is 0 Å². The number of hydrogen-bond donors (Lipinski definition) is 2. The number of likely N-dealkylation sites (tertiary alicyclic amines) is 2. The fraction of sp³-hybridized carbons (Fsp3) is 0.574. The molecule has 372 valence electrons. The van der Waals surface area contributed by atoms with Crippen molar-refractivity contribution in [3.63, 3.8) is 0 Å². The number of aromatic nitrogens is 1. The Labute approximate surface area is 426 Å². The van der Waals surface area contributed by atoms with Gasteiger partial charge >= 0.3 is 0 Å². The average Bonchev–Trinajstić information content (AvgIpc) is 4.05. The Bertz CT molecular complexity index is 2650. The smallest absolute Gasteiger partial charge is 0.228 e. The lowest BCUT2D eigenvalue weighted by molar-refractivity contribution is -0.145. The van der Waals surface area contributed by atoms with Gasteiger partial charge in [0.1, 0.15) is 5.15 Å². The lowest BCUT2D eigenvalue weighted by atomic mass is 9.63. The normalized spacial score (nSPS) is 33.1. The molecule has 2 amide bonds. The molecule has 12 rings (SSSR count). The van der Waals surface area contributed by atoms with E-state index in [0.29, 0.717) is 60.3 Å². The Kier molecular flexibility index (Phi) is 13.4. The van der Waals surface area contributed by atoms with E-state index in [4.69, 9.17) is 21.3 Å². The van der Waals surface area contributed by atoms with E-state index in [2.05, 4.69) is 93.2 Å². The van der Waals surface area contributed by atoms with Gasteiger partial charge in [-0.2, -0.15) is 5.26 Å². The molecule has 2 spiro atoms. The monoisotopic (exact) mass is 973 g/mol. The van der Waals surface area contributed by atoms with Crippen molar-refractivity contribution in [2.24, 2.45) is 23.7 Å². The number of carbonyl (C=O) groups excluding carboxylic acids is 2. The summed E-state index contributed by atoms with van der Waals surface area (Å²) in [6, 6.07) is 33.5. The maximum absolute atomic E-state index is 15.4. The van der Waals surface area contributed by atoms with Crippen LogP contribution >= 0.6 is 11.6 Å². The second-order valence-electron chi connectivity index (χ2n) is 23.2. The van der Waals surface area contributed by atoms with Crippen molar-refractivity contribution < 1.29 is 14.3 Å². The minimum atomic E-state index is -0.262. The highest BCUT2D eigenvalue weighted by Gasteiger charge is 2.55. The number of pyridine rings is 1. The summed E-state index contributed by atoms with van der Waals surface area (Å²) in [5, 5.41) is 18.0. The van der Waals surface area contributed by atoms with Gasteiger partial charge in [-0.1, -0.05) is 104 Å². The molecule has 10 unspecified atom stereocenters. The van der Waals surface area contributed by atoms with Crippen LogP contribution < -0.4 is 10.6 Å². The number of fused-ring (bicyclic) bond motifs is 4. The molecule has 4 aromatic rings. The highest BCUT2D eigenvalue weighted by atomic mass is 35.5. The van der Waals surface area contributed by atoms with Gasteiger partial charge in [0, 0.05) is 74.5 Å². The Morgan fingerprint density at radius 3 is 2.04 bits per heavy atom. The minimum Gasteiger partial charge on any atom is -0.374 e. The Morgan fingerprint density at radius 1 is 0.662 bits per heavy atom. The number of benzene rings is 3. The van der Waals surface area contributed by atoms with Crippen LogP contribution in [0.4, 0.5) is 0 Å². The van der Waals surface area contributed by atoms with E-state index in [1.807, 2.05) is 18.2 Å². The molecule has 3 aromatic carbocycles. The summed E-state index contributed by atoms with van der Waals surface area (Å²) in [6.07, 6.45) is 17.7. The summed E-state index contributed by atoms with van der Waals surface area (Å²) in [4.78, 5) is 40.2. The van der Waals surface area contributed by atoms with Gasteiger partial charge in [-0.15, -0.1) is 0 Å². The maximum atomic E-state index is 15.4. The molecule has 1 aromatic heterocycles. The molecule has 6 fully saturated rings. The zero-order valence-electron chi connectivity index (χ0n) is 41.6. The van der Waals surface area contributed by atoms with Crippen LogP contribution in [0.2, 0.25) is 5.15 Å². The number of nitrogens with zero attached hydrogens (tertiary/aromatic N) is 4. The van der Waals surface area contributed by atoms with Gasteiger partial charge in [-0.25, -0.2) is 4.98 Å². The van der Waals surface area contributed by atoms with Crippen LogP contribution in [0.1, 0.15) is 159 Å². The fourth-order valence-corrected chi connectivity index (χ4v) is 16.5. The number of piperidine rings is 2. The molecule has 9 nitrogen and oxygen atoms in total. The molecule has 0 radical (unpaired) electrons. The van der Waals surface area contributed by atoms with Crippen LogP contribution in [0.25, 0.3) is 0 Å². The van der Waals surface area contributed by atoms with Crippen LogP contribution in [0.15, 0.2) is 84.9 Å². The van der Waals surface area contributed by atoms with Gasteiger partial charge in [0.2, 0.25) is 11.8 Å². The predicted molar refractivity (Wildman–Crippen MR) is 278 cm³/mol. The maximum Gasteiger partial charge on any atom is 0.228 e. The lowest BCUT2D eigenvalue weighted by Gasteiger charge is -2.48. The minimum absolute atomic E-state index is 0.0370. The van der Waals surface area contributed by atoms with Gasteiger partial charge < -0.3 is 25.2 Å². The Balaban J connectivity index is 0.792. The fourth-order valence-electron chi connectivity index (χ4n) is 16.3. The van der Waals surface area contributed by atoms with E-state index in [1.54, 1.807) is 0 Å². The molecule has 8 aliphatic rings. The average molecular weight is 974 g/mol. The number of nitrogens with one attached hydrogen (secondary N) is 2. The van der Waals surface area contributed by atoms with E-state index < -0.39 is 0 Å². The second-order valence-corrected chi connectivity index (χ2v) is 23.6. The van der Waals surface area contributed by atoms with Crippen molar-refractivity contribution >= 4 is 23.4 Å².